The summed E-state index contributed by atoms with van der Waals surface area (Å²) in [7, 11) is 1.57. The van der Waals surface area contributed by atoms with Crippen molar-refractivity contribution in [2.75, 3.05) is 53.1 Å². The lowest BCUT2D eigenvalue weighted by molar-refractivity contribution is -0.156. The van der Waals surface area contributed by atoms with Crippen LogP contribution >= 0.6 is 0 Å². The molecule has 0 saturated carbocycles. The second-order valence-electron chi connectivity index (χ2n) is 11.7. The molecule has 2 bridgehead atoms. The second-order valence-corrected chi connectivity index (χ2v) is 11.7. The van der Waals surface area contributed by atoms with Crippen molar-refractivity contribution in [1.82, 2.24) is 20.5 Å². The fraction of sp³-hybridized carbons (Fsp3) is 0.486. The first-order valence-corrected chi connectivity index (χ1v) is 16.1. The number of carbonyl (C=O) groups excluding carboxylic acids is 4. The van der Waals surface area contributed by atoms with E-state index in [1.807, 2.05) is 42.6 Å². The molecule has 3 N–H and O–H groups in total. The molecule has 2 aliphatic rings. The average Bonchev–Trinajstić information content (AvgIpc) is 3.48. The number of hydrogen-bond acceptors (Lipinski definition) is 7. The van der Waals surface area contributed by atoms with Crippen molar-refractivity contribution in [3.8, 4) is 5.75 Å². The summed E-state index contributed by atoms with van der Waals surface area (Å²) in [5, 5.41) is 6.93. The van der Waals surface area contributed by atoms with Crippen LogP contribution in [0.15, 0.2) is 54.7 Å². The van der Waals surface area contributed by atoms with Gasteiger partial charge in [-0.2, -0.15) is 0 Å². The molecule has 0 radical (unpaired) electrons. The number of aryl methyl sites for hydroxylation is 1. The van der Waals surface area contributed by atoms with Gasteiger partial charge in [-0.15, -0.1) is 0 Å². The highest BCUT2D eigenvalue weighted by molar-refractivity contribution is 5.84. The summed E-state index contributed by atoms with van der Waals surface area (Å²) in [5.41, 5.74) is 1.92. The van der Waals surface area contributed by atoms with Crippen molar-refractivity contribution in [2.24, 2.45) is 5.41 Å². The summed E-state index contributed by atoms with van der Waals surface area (Å²) in [4.78, 5) is 57.3. The maximum Gasteiger partial charge on any atom is 0.314 e. The van der Waals surface area contributed by atoms with Gasteiger partial charge in [0.2, 0.25) is 11.8 Å². The maximum absolute atomic E-state index is 13.4. The molecule has 0 spiro atoms. The number of hydrogen-bond donors (Lipinski definition) is 3. The number of ether oxygens (including phenoxy) is 3. The van der Waals surface area contributed by atoms with Gasteiger partial charge < -0.3 is 34.7 Å². The van der Waals surface area contributed by atoms with Crippen molar-refractivity contribution in [1.29, 1.82) is 0 Å². The van der Waals surface area contributed by atoms with Crippen LogP contribution in [0, 0.1) is 5.41 Å². The number of benzene rings is 2. The SMILES string of the molecule is CCOC(=O)C1(CCOC)CNC(=O)CCCN(C(=O)CCc2c[nH]c3ccccc23)CCCNC(=O)COc2ccc(cc2)C1. The van der Waals surface area contributed by atoms with Crippen LogP contribution in [-0.2, 0) is 41.5 Å². The number of nitrogens with zero attached hydrogens (tertiary/aromatic N) is 1. The molecular formula is C35H46N4O7. The molecule has 2 aromatic carbocycles. The van der Waals surface area contributed by atoms with E-state index >= 15 is 0 Å². The van der Waals surface area contributed by atoms with Gasteiger partial charge in [-0.05, 0) is 68.4 Å². The Bertz CT molecular complexity index is 1450. The van der Waals surface area contributed by atoms with Crippen molar-refractivity contribution in [2.45, 2.75) is 51.9 Å². The highest BCUT2D eigenvalue weighted by Gasteiger charge is 2.40. The van der Waals surface area contributed by atoms with Crippen LogP contribution < -0.4 is 15.4 Å². The highest BCUT2D eigenvalue weighted by Crippen LogP contribution is 2.30. The molecule has 1 aromatic heterocycles. The number of aromatic amines is 1. The Kier molecular flexibility index (Phi) is 13.0. The van der Waals surface area contributed by atoms with E-state index in [0.29, 0.717) is 70.5 Å². The first kappa shape index (κ1) is 34.5. The average molecular weight is 635 g/mol. The quantitative estimate of drug-likeness (QED) is 0.322. The molecule has 5 rings (SSSR count). The third-order valence-corrected chi connectivity index (χ3v) is 8.35. The van der Waals surface area contributed by atoms with Crippen molar-refractivity contribution < 1.29 is 33.4 Å². The normalized spacial score (nSPS) is 18.8. The van der Waals surface area contributed by atoms with Crippen LogP contribution in [0.2, 0.25) is 0 Å². The van der Waals surface area contributed by atoms with Gasteiger partial charge in [-0.25, -0.2) is 0 Å². The minimum absolute atomic E-state index is 0.00795. The molecule has 0 saturated heterocycles. The number of rotatable bonds is 8. The second kappa shape index (κ2) is 17.4. The van der Waals surface area contributed by atoms with Gasteiger partial charge in [-0.3, -0.25) is 19.2 Å². The zero-order valence-electron chi connectivity index (χ0n) is 26.9. The predicted molar refractivity (Wildman–Crippen MR) is 174 cm³/mol. The van der Waals surface area contributed by atoms with Crippen LogP contribution in [0.1, 0.15) is 50.2 Å². The van der Waals surface area contributed by atoms with Crippen LogP contribution in [0.3, 0.4) is 0 Å². The summed E-state index contributed by atoms with van der Waals surface area (Å²) in [5.74, 6) is -0.354. The minimum atomic E-state index is -1.05. The number of esters is 1. The number of H-pyrrole nitrogens is 1. The van der Waals surface area contributed by atoms with Crippen LogP contribution in [0.25, 0.3) is 10.9 Å². The number of carbonyl (C=O) groups is 4. The molecule has 248 valence electrons. The first-order valence-electron chi connectivity index (χ1n) is 16.1. The summed E-state index contributed by atoms with van der Waals surface area (Å²) >= 11 is 0. The molecule has 11 nitrogen and oxygen atoms in total. The topological polar surface area (TPSA) is 139 Å². The zero-order chi connectivity index (χ0) is 32.8. The van der Waals surface area contributed by atoms with E-state index in [1.165, 1.54) is 0 Å². The lowest BCUT2D eigenvalue weighted by Crippen LogP contribution is -2.46. The number of fused-ring (bicyclic) bond motifs is 18. The van der Waals surface area contributed by atoms with Gasteiger partial charge in [0, 0.05) is 69.8 Å². The fourth-order valence-corrected chi connectivity index (χ4v) is 5.75. The first-order chi connectivity index (χ1) is 22.3. The number of nitrogens with one attached hydrogen (secondary N) is 3. The lowest BCUT2D eigenvalue weighted by atomic mass is 9.78. The molecule has 0 aliphatic carbocycles. The van der Waals surface area contributed by atoms with Gasteiger partial charge in [0.15, 0.2) is 6.61 Å². The maximum atomic E-state index is 13.4. The van der Waals surface area contributed by atoms with E-state index in [2.05, 4.69) is 15.6 Å². The lowest BCUT2D eigenvalue weighted by Gasteiger charge is -2.32. The Balaban J connectivity index is 1.47. The third-order valence-electron chi connectivity index (χ3n) is 8.35. The molecule has 2 aliphatic heterocycles. The number of aromatic nitrogens is 1. The number of methoxy groups -OCH3 is 1. The minimum Gasteiger partial charge on any atom is -0.484 e. The Morgan fingerprint density at radius 2 is 1.78 bits per heavy atom. The van der Waals surface area contributed by atoms with Crippen LogP contribution in [0.4, 0.5) is 0 Å². The standard InChI is InChI=1S/C35H46N4O7/c1-3-45-34(43)35(17-21-44-2)22-26-11-14-28(15-12-26)46-24-32(41)36-18-7-20-39(19-6-10-31(40)38-25-35)33(42)16-13-27-23-37-30-9-5-4-8-29(27)30/h4-5,8-9,11-12,14-15,23,37H,3,6-7,10,13,16-22,24-25H2,1-2H3,(H,36,41)(H,38,40). The molecule has 3 heterocycles. The summed E-state index contributed by atoms with van der Waals surface area (Å²) < 4.78 is 16.5. The van der Waals surface area contributed by atoms with Gasteiger partial charge in [-0.1, -0.05) is 30.3 Å². The van der Waals surface area contributed by atoms with Crippen LogP contribution in [0.5, 0.6) is 5.75 Å². The Labute approximate surface area is 270 Å². The molecule has 0 fully saturated rings. The molecule has 1 unspecified atom stereocenters. The molecule has 1 atom stereocenters. The van der Waals surface area contributed by atoms with Gasteiger partial charge in [0.05, 0.1) is 12.0 Å². The van der Waals surface area contributed by atoms with Gasteiger partial charge >= 0.3 is 5.97 Å². The third kappa shape index (κ3) is 9.81. The van der Waals surface area contributed by atoms with E-state index in [9.17, 15) is 19.2 Å². The van der Waals surface area contributed by atoms with E-state index in [-0.39, 0.29) is 43.9 Å². The molecule has 3 aromatic rings. The highest BCUT2D eigenvalue weighted by atomic mass is 16.5. The van der Waals surface area contributed by atoms with Crippen molar-refractivity contribution in [3.05, 3.63) is 65.9 Å². The summed E-state index contributed by atoms with van der Waals surface area (Å²) in [6.45, 7) is 3.45. The van der Waals surface area contributed by atoms with Gasteiger partial charge in [0.1, 0.15) is 5.75 Å². The summed E-state index contributed by atoms with van der Waals surface area (Å²) in [6, 6.07) is 15.2. The van der Waals surface area contributed by atoms with Crippen LogP contribution in [-0.4, -0.2) is 86.7 Å². The Morgan fingerprint density at radius 3 is 2.57 bits per heavy atom. The van der Waals surface area contributed by atoms with Crippen molar-refractivity contribution >= 4 is 34.6 Å². The Morgan fingerprint density at radius 1 is 1.00 bits per heavy atom. The molecule has 46 heavy (non-hydrogen) atoms. The molecular weight excluding hydrogens is 588 g/mol. The summed E-state index contributed by atoms with van der Waals surface area (Å²) in [6.07, 6.45) is 4.73. The smallest absolute Gasteiger partial charge is 0.314 e. The van der Waals surface area contributed by atoms with E-state index < -0.39 is 11.4 Å². The van der Waals surface area contributed by atoms with E-state index in [0.717, 1.165) is 22.0 Å². The molecule has 11 heteroatoms. The Hall–Kier alpha value is -4.38. The number of amides is 3. The predicted octanol–water partition coefficient (Wildman–Crippen LogP) is 3.55. The van der Waals surface area contributed by atoms with E-state index in [4.69, 9.17) is 14.2 Å². The number of para-hydroxylation sites is 1. The monoisotopic (exact) mass is 634 g/mol. The van der Waals surface area contributed by atoms with Gasteiger partial charge in [0.25, 0.3) is 5.91 Å². The zero-order valence-corrected chi connectivity index (χ0v) is 26.9. The van der Waals surface area contributed by atoms with Crippen molar-refractivity contribution in [3.63, 3.8) is 0 Å². The fourth-order valence-electron chi connectivity index (χ4n) is 5.75. The van der Waals surface area contributed by atoms with E-state index in [1.54, 1.807) is 31.1 Å². The largest absolute Gasteiger partial charge is 0.484 e. The molecule has 3 amide bonds.